The van der Waals surface area contributed by atoms with Crippen molar-refractivity contribution >= 4 is 16.0 Å². The van der Waals surface area contributed by atoms with Gasteiger partial charge in [0.2, 0.25) is 10.0 Å². The van der Waals surface area contributed by atoms with Crippen molar-refractivity contribution in [2.24, 2.45) is 0 Å². The van der Waals surface area contributed by atoms with E-state index in [-0.39, 0.29) is 23.6 Å². The van der Waals surface area contributed by atoms with E-state index < -0.39 is 34.0 Å². The quantitative estimate of drug-likeness (QED) is 0.507. The highest BCUT2D eigenvalue weighted by Gasteiger charge is 2.45. The van der Waals surface area contributed by atoms with Gasteiger partial charge in [0.1, 0.15) is 12.1 Å². The fourth-order valence-corrected chi connectivity index (χ4v) is 5.51. The van der Waals surface area contributed by atoms with Crippen LogP contribution >= 0.6 is 0 Å². The summed E-state index contributed by atoms with van der Waals surface area (Å²) in [7, 11) is -2.82. The van der Waals surface area contributed by atoms with Gasteiger partial charge in [-0.25, -0.2) is 12.8 Å². The maximum atomic E-state index is 14.0. The molecule has 0 aliphatic carbocycles. The third-order valence-electron chi connectivity index (χ3n) is 5.67. The number of aryl methyl sites for hydroxylation is 1. The van der Waals surface area contributed by atoms with Crippen LogP contribution in [0.2, 0.25) is 0 Å². The number of carbonyl (C=O) groups is 1. The number of carbonyl (C=O) groups excluding carboxylic acids is 1. The average Bonchev–Trinajstić information content (AvgIpc) is 3.25. The Morgan fingerprint density at radius 2 is 1.58 bits per heavy atom. The lowest BCUT2D eigenvalue weighted by Crippen LogP contribution is -2.41. The predicted molar refractivity (Wildman–Crippen MR) is 122 cm³/mol. The van der Waals surface area contributed by atoms with E-state index in [4.69, 9.17) is 9.47 Å². The number of sulfonamides is 1. The Kier molecular flexibility index (Phi) is 6.49. The molecule has 1 heterocycles. The molecule has 2 unspecified atom stereocenters. The van der Waals surface area contributed by atoms with Crippen molar-refractivity contribution in [3.05, 3.63) is 84.2 Å². The Bertz CT molecular complexity index is 1240. The van der Waals surface area contributed by atoms with E-state index in [1.165, 1.54) is 37.4 Å². The van der Waals surface area contributed by atoms with Crippen LogP contribution in [0.4, 0.5) is 4.39 Å². The molecule has 1 saturated heterocycles. The molecule has 0 aromatic heterocycles. The van der Waals surface area contributed by atoms with Crippen LogP contribution in [0.3, 0.4) is 0 Å². The summed E-state index contributed by atoms with van der Waals surface area (Å²) in [6.07, 6.45) is -0.644. The first-order chi connectivity index (χ1) is 15.8. The Morgan fingerprint density at radius 1 is 0.970 bits per heavy atom. The molecule has 0 spiro atoms. The summed E-state index contributed by atoms with van der Waals surface area (Å²) in [6, 6.07) is 19.2. The molecular weight excluding hydrogens is 445 g/mol. The first-order valence-electron chi connectivity index (χ1n) is 10.5. The maximum absolute atomic E-state index is 14.0. The van der Waals surface area contributed by atoms with E-state index in [9.17, 15) is 17.6 Å². The van der Waals surface area contributed by atoms with Crippen LogP contribution in [-0.2, 0) is 19.6 Å². The smallest absolute Gasteiger partial charge is 0.324 e. The van der Waals surface area contributed by atoms with Crippen LogP contribution in [0.5, 0.6) is 5.75 Å². The van der Waals surface area contributed by atoms with Crippen molar-refractivity contribution in [1.29, 1.82) is 0 Å². The third kappa shape index (κ3) is 4.77. The molecule has 3 aromatic carbocycles. The highest BCUT2D eigenvalue weighted by molar-refractivity contribution is 7.89. The third-order valence-corrected chi connectivity index (χ3v) is 7.56. The Hall–Kier alpha value is -3.23. The number of hydrogen-bond donors (Lipinski definition) is 0. The van der Waals surface area contributed by atoms with E-state index in [0.717, 1.165) is 21.0 Å². The number of nitrogens with zero attached hydrogens (tertiary/aromatic N) is 1. The largest absolute Gasteiger partial charge is 0.486 e. The second-order valence-corrected chi connectivity index (χ2v) is 9.80. The van der Waals surface area contributed by atoms with Crippen molar-refractivity contribution in [2.75, 3.05) is 13.7 Å². The van der Waals surface area contributed by atoms with Crippen LogP contribution in [0.15, 0.2) is 77.7 Å². The van der Waals surface area contributed by atoms with Crippen LogP contribution in [0.25, 0.3) is 11.1 Å². The number of ether oxygens (including phenoxy) is 2. The van der Waals surface area contributed by atoms with Gasteiger partial charge in [-0.15, -0.1) is 0 Å². The van der Waals surface area contributed by atoms with Crippen molar-refractivity contribution in [2.45, 2.75) is 30.4 Å². The van der Waals surface area contributed by atoms with E-state index in [2.05, 4.69) is 0 Å². The SMILES string of the molecule is COC(=O)C1CC(Oc2ccccc2F)CN1S(=O)(=O)c1ccc(-c2ccc(C)cc2)cc1. The Balaban J connectivity index is 1.59. The lowest BCUT2D eigenvalue weighted by Gasteiger charge is -2.22. The minimum atomic E-state index is -4.03. The van der Waals surface area contributed by atoms with Gasteiger partial charge in [-0.3, -0.25) is 4.79 Å². The summed E-state index contributed by atoms with van der Waals surface area (Å²) in [5.41, 5.74) is 2.98. The molecule has 6 nitrogen and oxygen atoms in total. The first kappa shape index (κ1) is 22.9. The lowest BCUT2D eigenvalue weighted by atomic mass is 10.0. The fraction of sp³-hybridized carbons (Fsp3) is 0.240. The summed E-state index contributed by atoms with van der Waals surface area (Å²) in [5, 5.41) is 0. The van der Waals surface area contributed by atoms with Gasteiger partial charge in [-0.2, -0.15) is 4.31 Å². The van der Waals surface area contributed by atoms with Crippen LogP contribution in [0.1, 0.15) is 12.0 Å². The molecule has 0 N–H and O–H groups in total. The molecule has 0 radical (unpaired) electrons. The van der Waals surface area contributed by atoms with Crippen molar-refractivity contribution in [1.82, 2.24) is 4.31 Å². The minimum absolute atomic E-state index is 0.00724. The number of benzene rings is 3. The first-order valence-corrected chi connectivity index (χ1v) is 11.9. The molecule has 0 saturated carbocycles. The summed E-state index contributed by atoms with van der Waals surface area (Å²) < 4.78 is 52.4. The normalized spacial score (nSPS) is 18.8. The minimum Gasteiger partial charge on any atom is -0.486 e. The monoisotopic (exact) mass is 469 g/mol. The summed E-state index contributed by atoms with van der Waals surface area (Å²) >= 11 is 0. The molecule has 8 heteroatoms. The number of para-hydroxylation sites is 1. The van der Waals surface area contributed by atoms with Gasteiger partial charge in [-0.05, 0) is 42.3 Å². The van der Waals surface area contributed by atoms with Crippen LogP contribution < -0.4 is 4.74 Å². The molecule has 1 aliphatic heterocycles. The zero-order valence-corrected chi connectivity index (χ0v) is 19.1. The van der Waals surface area contributed by atoms with E-state index in [0.29, 0.717) is 0 Å². The zero-order chi connectivity index (χ0) is 23.6. The predicted octanol–water partition coefficient (Wildman–Crippen LogP) is 4.18. The Morgan fingerprint density at radius 3 is 2.18 bits per heavy atom. The molecule has 3 aromatic rings. The summed E-state index contributed by atoms with van der Waals surface area (Å²) in [4.78, 5) is 12.4. The van der Waals surface area contributed by atoms with Gasteiger partial charge in [0.15, 0.2) is 11.6 Å². The van der Waals surface area contributed by atoms with Gasteiger partial charge < -0.3 is 9.47 Å². The summed E-state index contributed by atoms with van der Waals surface area (Å²) in [6.45, 7) is 1.90. The molecule has 2 atom stereocenters. The zero-order valence-electron chi connectivity index (χ0n) is 18.3. The number of hydrogen-bond acceptors (Lipinski definition) is 5. The van der Waals surface area contributed by atoms with Gasteiger partial charge in [0.05, 0.1) is 18.6 Å². The average molecular weight is 470 g/mol. The van der Waals surface area contributed by atoms with Gasteiger partial charge in [-0.1, -0.05) is 54.1 Å². The highest BCUT2D eigenvalue weighted by Crippen LogP contribution is 2.31. The number of halogens is 1. The highest BCUT2D eigenvalue weighted by atomic mass is 32.2. The van der Waals surface area contributed by atoms with Crippen molar-refractivity contribution < 1.29 is 27.1 Å². The fourth-order valence-electron chi connectivity index (χ4n) is 3.89. The molecule has 0 bridgehead atoms. The standard InChI is InChI=1S/C25H24FNO5S/c1-17-7-9-18(10-8-17)19-11-13-21(14-12-19)33(29,30)27-16-20(15-23(27)25(28)31-2)32-24-6-4-3-5-22(24)26/h3-14,20,23H,15-16H2,1-2H3. The number of esters is 1. The topological polar surface area (TPSA) is 72.9 Å². The Labute approximate surface area is 192 Å². The second-order valence-electron chi connectivity index (χ2n) is 7.91. The van der Waals surface area contributed by atoms with Crippen LogP contribution in [-0.4, -0.2) is 44.5 Å². The molecular formula is C25H24FNO5S. The maximum Gasteiger partial charge on any atom is 0.324 e. The van der Waals surface area contributed by atoms with Crippen molar-refractivity contribution in [3.8, 4) is 16.9 Å². The van der Waals surface area contributed by atoms with Crippen LogP contribution in [0, 0.1) is 12.7 Å². The van der Waals surface area contributed by atoms with Gasteiger partial charge in [0.25, 0.3) is 0 Å². The molecule has 172 valence electrons. The second kappa shape index (κ2) is 9.33. The van der Waals surface area contributed by atoms with E-state index >= 15 is 0 Å². The molecule has 1 aliphatic rings. The number of methoxy groups -OCH3 is 1. The van der Waals surface area contributed by atoms with Gasteiger partial charge in [0, 0.05) is 6.42 Å². The summed E-state index contributed by atoms with van der Waals surface area (Å²) in [5.74, 6) is -1.23. The van der Waals surface area contributed by atoms with E-state index in [1.54, 1.807) is 18.2 Å². The molecule has 0 amide bonds. The van der Waals surface area contributed by atoms with E-state index in [1.807, 2.05) is 31.2 Å². The van der Waals surface area contributed by atoms with Gasteiger partial charge >= 0.3 is 5.97 Å². The molecule has 1 fully saturated rings. The van der Waals surface area contributed by atoms with Crippen molar-refractivity contribution in [3.63, 3.8) is 0 Å². The lowest BCUT2D eigenvalue weighted by molar-refractivity contribution is -0.144. The molecule has 33 heavy (non-hydrogen) atoms. The number of rotatable bonds is 6. The molecule has 4 rings (SSSR count).